The highest BCUT2D eigenvalue weighted by Crippen LogP contribution is 2.18. The van der Waals surface area contributed by atoms with Crippen molar-refractivity contribution in [2.45, 2.75) is 18.4 Å². The second-order valence-corrected chi connectivity index (χ2v) is 6.16. The number of aryl methyl sites for hydroxylation is 1. The molecule has 102 valence electrons. The highest BCUT2D eigenvalue weighted by Gasteiger charge is 2.20. The summed E-state index contributed by atoms with van der Waals surface area (Å²) >= 11 is 0. The van der Waals surface area contributed by atoms with Crippen molar-refractivity contribution in [1.29, 1.82) is 0 Å². The molecule has 0 aliphatic rings. The molecule has 0 saturated carbocycles. The van der Waals surface area contributed by atoms with E-state index in [2.05, 4.69) is 0 Å². The van der Waals surface area contributed by atoms with Gasteiger partial charge in [0.15, 0.2) is 0 Å². The van der Waals surface area contributed by atoms with E-state index < -0.39 is 10.0 Å². The van der Waals surface area contributed by atoms with Crippen molar-refractivity contribution in [2.24, 2.45) is 5.73 Å². The van der Waals surface area contributed by atoms with Gasteiger partial charge in [-0.2, -0.15) is 4.31 Å². The molecule has 0 atom stereocenters. The summed E-state index contributed by atoms with van der Waals surface area (Å²) in [4.78, 5) is 0.288. The molecule has 18 heavy (non-hydrogen) atoms. The van der Waals surface area contributed by atoms with E-state index in [1.54, 1.807) is 32.4 Å². The normalized spacial score (nSPS) is 12.1. The van der Waals surface area contributed by atoms with Gasteiger partial charge in [0, 0.05) is 27.2 Å². The molecule has 0 fully saturated rings. The number of hydrogen-bond acceptors (Lipinski definition) is 4. The monoisotopic (exact) mass is 272 g/mol. The predicted molar refractivity (Wildman–Crippen MR) is 70.8 cm³/mol. The molecular formula is C12H20N2O3S. The molecule has 0 aromatic heterocycles. The Kier molecular flexibility index (Phi) is 5.28. The van der Waals surface area contributed by atoms with Gasteiger partial charge in [-0.1, -0.05) is 6.07 Å². The SMILES string of the molecule is COCCN(C)S(=O)(=O)c1ccc(CN)c(C)c1. The maximum atomic E-state index is 12.2. The first-order valence-electron chi connectivity index (χ1n) is 5.68. The van der Waals surface area contributed by atoms with Crippen LogP contribution in [-0.4, -0.2) is 40.0 Å². The van der Waals surface area contributed by atoms with Crippen LogP contribution in [-0.2, 0) is 21.3 Å². The fourth-order valence-electron chi connectivity index (χ4n) is 1.58. The van der Waals surface area contributed by atoms with Crippen LogP contribution in [0.25, 0.3) is 0 Å². The largest absolute Gasteiger partial charge is 0.383 e. The van der Waals surface area contributed by atoms with Gasteiger partial charge in [-0.25, -0.2) is 8.42 Å². The van der Waals surface area contributed by atoms with Crippen LogP contribution in [0.5, 0.6) is 0 Å². The number of rotatable bonds is 6. The van der Waals surface area contributed by atoms with E-state index >= 15 is 0 Å². The molecule has 0 radical (unpaired) electrons. The smallest absolute Gasteiger partial charge is 0.242 e. The topological polar surface area (TPSA) is 72.6 Å². The van der Waals surface area contributed by atoms with Crippen molar-refractivity contribution in [3.05, 3.63) is 29.3 Å². The third-order valence-electron chi connectivity index (χ3n) is 2.85. The zero-order chi connectivity index (χ0) is 13.8. The van der Waals surface area contributed by atoms with Crippen molar-refractivity contribution in [3.63, 3.8) is 0 Å². The van der Waals surface area contributed by atoms with E-state index in [1.807, 2.05) is 6.92 Å². The Morgan fingerprint density at radius 1 is 1.39 bits per heavy atom. The molecule has 2 N–H and O–H groups in total. The average Bonchev–Trinajstić information content (AvgIpc) is 2.35. The molecule has 1 aromatic carbocycles. The zero-order valence-electron chi connectivity index (χ0n) is 11.0. The summed E-state index contributed by atoms with van der Waals surface area (Å²) in [5.74, 6) is 0. The highest BCUT2D eigenvalue weighted by molar-refractivity contribution is 7.89. The quantitative estimate of drug-likeness (QED) is 0.828. The summed E-state index contributed by atoms with van der Waals surface area (Å²) in [6, 6.07) is 5.00. The number of benzene rings is 1. The lowest BCUT2D eigenvalue weighted by atomic mass is 10.1. The molecule has 0 saturated heterocycles. The highest BCUT2D eigenvalue weighted by atomic mass is 32.2. The van der Waals surface area contributed by atoms with E-state index in [0.29, 0.717) is 19.7 Å². The van der Waals surface area contributed by atoms with Crippen LogP contribution in [0.1, 0.15) is 11.1 Å². The molecule has 0 aliphatic carbocycles. The summed E-state index contributed by atoms with van der Waals surface area (Å²) in [5, 5.41) is 0. The van der Waals surface area contributed by atoms with Crippen LogP contribution < -0.4 is 5.73 Å². The van der Waals surface area contributed by atoms with E-state index in [4.69, 9.17) is 10.5 Å². The number of nitrogens with zero attached hydrogens (tertiary/aromatic N) is 1. The standard InChI is InChI=1S/C12H20N2O3S/c1-10-8-12(5-4-11(10)9-13)18(15,16)14(2)6-7-17-3/h4-5,8H,6-7,9,13H2,1-3H3. The molecule has 0 spiro atoms. The third-order valence-corrected chi connectivity index (χ3v) is 4.71. The van der Waals surface area contributed by atoms with Crippen molar-refractivity contribution in [2.75, 3.05) is 27.3 Å². The Labute approximate surface area is 109 Å². The summed E-state index contributed by atoms with van der Waals surface area (Å²) in [6.07, 6.45) is 0. The molecular weight excluding hydrogens is 252 g/mol. The lowest BCUT2D eigenvalue weighted by molar-refractivity contribution is 0.185. The second-order valence-electron chi connectivity index (χ2n) is 4.11. The number of nitrogens with two attached hydrogens (primary N) is 1. The second kappa shape index (κ2) is 6.29. The minimum Gasteiger partial charge on any atom is -0.383 e. The summed E-state index contributed by atoms with van der Waals surface area (Å²) < 4.78 is 30.6. The van der Waals surface area contributed by atoms with Crippen molar-refractivity contribution in [1.82, 2.24) is 4.31 Å². The lowest BCUT2D eigenvalue weighted by Crippen LogP contribution is -2.30. The van der Waals surface area contributed by atoms with Crippen LogP contribution >= 0.6 is 0 Å². The fourth-order valence-corrected chi connectivity index (χ4v) is 2.82. The van der Waals surface area contributed by atoms with Gasteiger partial charge in [0.2, 0.25) is 10.0 Å². The Hall–Kier alpha value is -0.950. The number of ether oxygens (including phenoxy) is 1. The van der Waals surface area contributed by atoms with Crippen molar-refractivity contribution in [3.8, 4) is 0 Å². The maximum Gasteiger partial charge on any atom is 0.242 e. The summed E-state index contributed by atoms with van der Waals surface area (Å²) in [7, 11) is -0.362. The fraction of sp³-hybridized carbons (Fsp3) is 0.500. The molecule has 0 aliphatic heterocycles. The first-order chi connectivity index (χ1) is 8.43. The number of methoxy groups -OCH3 is 1. The average molecular weight is 272 g/mol. The number of likely N-dealkylation sites (N-methyl/N-ethyl adjacent to an activating group) is 1. The van der Waals surface area contributed by atoms with Gasteiger partial charge in [-0.3, -0.25) is 0 Å². The zero-order valence-corrected chi connectivity index (χ0v) is 11.8. The first-order valence-corrected chi connectivity index (χ1v) is 7.12. The van der Waals surface area contributed by atoms with Crippen molar-refractivity contribution < 1.29 is 13.2 Å². The van der Waals surface area contributed by atoms with E-state index in [0.717, 1.165) is 11.1 Å². The predicted octanol–water partition coefficient (Wildman–Crippen LogP) is 0.721. The van der Waals surface area contributed by atoms with Crippen molar-refractivity contribution >= 4 is 10.0 Å². The Bertz CT molecular complexity index is 500. The maximum absolute atomic E-state index is 12.2. The Balaban J connectivity index is 3.01. The lowest BCUT2D eigenvalue weighted by Gasteiger charge is -2.17. The van der Waals surface area contributed by atoms with Gasteiger partial charge in [0.1, 0.15) is 0 Å². The Morgan fingerprint density at radius 2 is 2.06 bits per heavy atom. The molecule has 0 bridgehead atoms. The van der Waals surface area contributed by atoms with Crippen LogP contribution in [0, 0.1) is 6.92 Å². The van der Waals surface area contributed by atoms with Gasteiger partial charge in [0.05, 0.1) is 11.5 Å². The molecule has 1 rings (SSSR count). The first kappa shape index (κ1) is 15.1. The van der Waals surface area contributed by atoms with Gasteiger partial charge in [-0.15, -0.1) is 0 Å². The molecule has 6 heteroatoms. The minimum absolute atomic E-state index is 0.288. The summed E-state index contributed by atoms with van der Waals surface area (Å²) in [6.45, 7) is 2.97. The minimum atomic E-state index is -3.45. The number of sulfonamides is 1. The molecule has 5 nitrogen and oxygen atoms in total. The Morgan fingerprint density at radius 3 is 2.56 bits per heavy atom. The van der Waals surface area contributed by atoms with Gasteiger partial charge < -0.3 is 10.5 Å². The third kappa shape index (κ3) is 3.29. The van der Waals surface area contributed by atoms with Gasteiger partial charge in [-0.05, 0) is 30.2 Å². The summed E-state index contributed by atoms with van der Waals surface area (Å²) in [5.41, 5.74) is 7.40. The van der Waals surface area contributed by atoms with E-state index in [-0.39, 0.29) is 4.90 Å². The van der Waals surface area contributed by atoms with Crippen LogP contribution in [0.3, 0.4) is 0 Å². The van der Waals surface area contributed by atoms with Gasteiger partial charge in [0.25, 0.3) is 0 Å². The molecule has 0 unspecified atom stereocenters. The number of hydrogen-bond donors (Lipinski definition) is 1. The van der Waals surface area contributed by atoms with Crippen LogP contribution in [0.15, 0.2) is 23.1 Å². The molecule has 0 amide bonds. The van der Waals surface area contributed by atoms with Crippen LogP contribution in [0.4, 0.5) is 0 Å². The molecule has 1 aromatic rings. The van der Waals surface area contributed by atoms with E-state index in [1.165, 1.54) is 4.31 Å². The van der Waals surface area contributed by atoms with Crippen LogP contribution in [0.2, 0.25) is 0 Å². The van der Waals surface area contributed by atoms with Gasteiger partial charge >= 0.3 is 0 Å². The molecule has 0 heterocycles. The van der Waals surface area contributed by atoms with E-state index in [9.17, 15) is 8.42 Å².